The number of nitrogens with one attached hydrogen (secondary N) is 2. The topological polar surface area (TPSA) is 99.8 Å². The molecule has 2 N–H and O–H groups in total. The van der Waals surface area contributed by atoms with E-state index in [2.05, 4.69) is 32.9 Å². The molecular weight excluding hydrogens is 461 g/mol. The van der Waals surface area contributed by atoms with Crippen LogP contribution in [0, 0.1) is 30.6 Å². The van der Waals surface area contributed by atoms with Crippen LogP contribution in [-0.4, -0.2) is 48.0 Å². The summed E-state index contributed by atoms with van der Waals surface area (Å²) in [5.41, 5.74) is 0.824. The number of aliphatic imine (C=N–C) groups is 1. The summed E-state index contributed by atoms with van der Waals surface area (Å²) in [7, 11) is 1.67. The van der Waals surface area contributed by atoms with Gasteiger partial charge in [-0.25, -0.2) is 0 Å². The number of allylic oxidation sites excluding steroid dienone is 2. The van der Waals surface area contributed by atoms with Gasteiger partial charge in [0.2, 0.25) is 11.8 Å². The van der Waals surface area contributed by atoms with Crippen LogP contribution in [0.3, 0.4) is 0 Å². The average molecular weight is 485 g/mol. The lowest BCUT2D eigenvalue weighted by Crippen LogP contribution is -2.43. The first-order valence-corrected chi connectivity index (χ1v) is 8.98. The number of nitrogens with zero attached hydrogens (tertiary/aromatic N) is 3. The maximum Gasteiger partial charge on any atom is 0.233 e. The Hall–Kier alpha value is -1.91. The van der Waals surface area contributed by atoms with E-state index in [1.165, 1.54) is 4.90 Å². The van der Waals surface area contributed by atoms with Gasteiger partial charge < -0.3 is 15.2 Å². The van der Waals surface area contributed by atoms with Crippen molar-refractivity contribution in [2.75, 3.05) is 20.1 Å². The maximum absolute atomic E-state index is 12.6. The zero-order valence-electron chi connectivity index (χ0n) is 15.3. The van der Waals surface area contributed by atoms with Crippen molar-refractivity contribution in [1.82, 2.24) is 20.7 Å². The minimum absolute atomic E-state index is 0. The van der Waals surface area contributed by atoms with Crippen molar-refractivity contribution in [2.24, 2.45) is 28.7 Å². The summed E-state index contributed by atoms with van der Waals surface area (Å²) < 4.78 is 5.14. The summed E-state index contributed by atoms with van der Waals surface area (Å²) in [6, 6.07) is 1.85. The Morgan fingerprint density at radius 1 is 1.26 bits per heavy atom. The van der Waals surface area contributed by atoms with Gasteiger partial charge >= 0.3 is 0 Å². The second kappa shape index (κ2) is 7.99. The van der Waals surface area contributed by atoms with Gasteiger partial charge in [0.15, 0.2) is 11.7 Å². The van der Waals surface area contributed by atoms with Crippen molar-refractivity contribution in [3.8, 4) is 0 Å². The second-order valence-corrected chi connectivity index (χ2v) is 7.12. The predicted molar refractivity (Wildman–Crippen MR) is 109 cm³/mol. The van der Waals surface area contributed by atoms with Gasteiger partial charge in [0.25, 0.3) is 0 Å². The highest BCUT2D eigenvalue weighted by Crippen LogP contribution is 2.52. The Kier molecular flexibility index (Phi) is 5.87. The summed E-state index contributed by atoms with van der Waals surface area (Å²) in [6.45, 7) is 3.13. The van der Waals surface area contributed by atoms with E-state index in [1.807, 2.05) is 13.0 Å². The van der Waals surface area contributed by atoms with Crippen molar-refractivity contribution in [3.05, 3.63) is 29.7 Å². The van der Waals surface area contributed by atoms with Crippen molar-refractivity contribution >= 4 is 41.8 Å². The highest BCUT2D eigenvalue weighted by Gasteiger charge is 2.58. The van der Waals surface area contributed by atoms with Crippen molar-refractivity contribution in [2.45, 2.75) is 19.9 Å². The lowest BCUT2D eigenvalue weighted by Gasteiger charge is -2.18. The molecule has 2 bridgehead atoms. The first-order valence-electron chi connectivity index (χ1n) is 8.98. The first kappa shape index (κ1) is 19.8. The molecule has 2 fully saturated rings. The SMILES string of the molecule is CN=C(NCCN1C(=O)C2C3C=CC(C3)C2C1=O)NCc1cc(C)no1.I. The van der Waals surface area contributed by atoms with Crippen LogP contribution in [0.4, 0.5) is 0 Å². The van der Waals surface area contributed by atoms with E-state index < -0.39 is 0 Å². The number of rotatable bonds is 5. The molecule has 1 aromatic rings. The van der Waals surface area contributed by atoms with Gasteiger partial charge in [0, 0.05) is 26.2 Å². The standard InChI is InChI=1S/C18H23N5O3.HI/c1-10-7-13(26-22-10)9-21-18(19-2)20-5-6-23-16(24)14-11-3-4-12(8-11)15(14)17(23)25;/h3-4,7,11-12,14-15H,5-6,8-9H2,1-2H3,(H2,19,20,21);1H. The van der Waals surface area contributed by atoms with Crippen LogP contribution >= 0.6 is 24.0 Å². The zero-order valence-corrected chi connectivity index (χ0v) is 17.7. The summed E-state index contributed by atoms with van der Waals surface area (Å²) in [6.07, 6.45) is 5.17. The fraction of sp³-hybridized carbons (Fsp3) is 0.556. The third-order valence-electron chi connectivity index (χ3n) is 5.52. The van der Waals surface area contributed by atoms with E-state index in [9.17, 15) is 9.59 Å². The normalized spacial score (nSPS) is 28.5. The Balaban J connectivity index is 0.00000210. The molecular formula is C18H24IN5O3. The minimum atomic E-state index is -0.135. The molecule has 8 nitrogen and oxygen atoms in total. The van der Waals surface area contributed by atoms with Gasteiger partial charge in [-0.15, -0.1) is 24.0 Å². The molecule has 27 heavy (non-hydrogen) atoms. The van der Waals surface area contributed by atoms with E-state index in [1.54, 1.807) is 7.05 Å². The molecule has 2 aliphatic carbocycles. The zero-order chi connectivity index (χ0) is 18.3. The van der Waals surface area contributed by atoms with E-state index in [0.717, 1.165) is 12.1 Å². The molecule has 3 aliphatic rings. The predicted octanol–water partition coefficient (Wildman–Crippen LogP) is 1.07. The number of halogens is 1. The number of likely N-dealkylation sites (tertiary alicyclic amines) is 1. The van der Waals surface area contributed by atoms with Crippen LogP contribution in [0.25, 0.3) is 0 Å². The summed E-state index contributed by atoms with van der Waals surface area (Å²) in [5.74, 6) is 1.50. The number of guanidine groups is 1. The van der Waals surface area contributed by atoms with Gasteiger partial charge in [0.1, 0.15) is 0 Å². The number of hydrogen-bond donors (Lipinski definition) is 2. The van der Waals surface area contributed by atoms with Crippen LogP contribution in [0.1, 0.15) is 17.9 Å². The van der Waals surface area contributed by atoms with E-state index in [0.29, 0.717) is 31.4 Å². The number of carbonyl (C=O) groups is 2. The molecule has 1 aromatic heterocycles. The van der Waals surface area contributed by atoms with Crippen LogP contribution in [0.5, 0.6) is 0 Å². The fourth-order valence-electron chi connectivity index (χ4n) is 4.36. The number of imide groups is 1. The van der Waals surface area contributed by atoms with Crippen LogP contribution in [0.15, 0.2) is 27.7 Å². The average Bonchev–Trinajstić information content (AvgIpc) is 3.38. The Morgan fingerprint density at radius 2 is 1.93 bits per heavy atom. The lowest BCUT2D eigenvalue weighted by atomic mass is 9.85. The molecule has 2 amide bonds. The molecule has 4 rings (SSSR count). The smallest absolute Gasteiger partial charge is 0.233 e. The molecule has 1 saturated carbocycles. The molecule has 2 heterocycles. The van der Waals surface area contributed by atoms with Crippen LogP contribution in [0.2, 0.25) is 0 Å². The van der Waals surface area contributed by atoms with Crippen molar-refractivity contribution in [3.63, 3.8) is 0 Å². The molecule has 1 saturated heterocycles. The number of aromatic nitrogens is 1. The number of aryl methyl sites for hydroxylation is 1. The first-order chi connectivity index (χ1) is 12.6. The van der Waals surface area contributed by atoms with E-state index in [4.69, 9.17) is 4.52 Å². The molecule has 4 unspecified atom stereocenters. The molecule has 0 radical (unpaired) electrons. The number of hydrogen-bond acceptors (Lipinski definition) is 5. The van der Waals surface area contributed by atoms with Gasteiger partial charge in [-0.3, -0.25) is 19.5 Å². The molecule has 4 atom stereocenters. The Bertz CT molecular complexity index is 760. The van der Waals surface area contributed by atoms with Gasteiger partial charge in [-0.1, -0.05) is 17.3 Å². The Labute approximate surface area is 174 Å². The fourth-order valence-corrected chi connectivity index (χ4v) is 4.36. The third-order valence-corrected chi connectivity index (χ3v) is 5.52. The van der Waals surface area contributed by atoms with Crippen LogP contribution in [-0.2, 0) is 16.1 Å². The third kappa shape index (κ3) is 3.61. The second-order valence-electron chi connectivity index (χ2n) is 7.12. The largest absolute Gasteiger partial charge is 0.359 e. The van der Waals surface area contributed by atoms with Crippen LogP contribution < -0.4 is 10.6 Å². The summed E-state index contributed by atoms with van der Waals surface area (Å²) >= 11 is 0. The van der Waals surface area contributed by atoms with E-state index >= 15 is 0 Å². The molecule has 1 aliphatic heterocycles. The lowest BCUT2D eigenvalue weighted by molar-refractivity contribution is -0.140. The molecule has 146 valence electrons. The van der Waals surface area contributed by atoms with Crippen molar-refractivity contribution in [1.29, 1.82) is 0 Å². The quantitative estimate of drug-likeness (QED) is 0.213. The van der Waals surface area contributed by atoms with Gasteiger partial charge in [-0.2, -0.15) is 0 Å². The minimum Gasteiger partial charge on any atom is -0.359 e. The Morgan fingerprint density at radius 3 is 2.48 bits per heavy atom. The van der Waals surface area contributed by atoms with Gasteiger partial charge in [0.05, 0.1) is 24.1 Å². The highest BCUT2D eigenvalue weighted by molar-refractivity contribution is 14.0. The number of carbonyl (C=O) groups excluding carboxylic acids is 2. The molecule has 0 spiro atoms. The number of amides is 2. The van der Waals surface area contributed by atoms with Crippen molar-refractivity contribution < 1.29 is 14.1 Å². The number of fused-ring (bicyclic) bond motifs is 5. The monoisotopic (exact) mass is 485 g/mol. The highest BCUT2D eigenvalue weighted by atomic mass is 127. The summed E-state index contributed by atoms with van der Waals surface area (Å²) in [5, 5.41) is 10.1. The van der Waals surface area contributed by atoms with Gasteiger partial charge in [-0.05, 0) is 25.2 Å². The molecule has 0 aromatic carbocycles. The summed E-state index contributed by atoms with van der Waals surface area (Å²) in [4.78, 5) is 30.8. The van der Waals surface area contributed by atoms with E-state index in [-0.39, 0.29) is 59.5 Å². The maximum atomic E-state index is 12.6. The molecule has 9 heteroatoms.